The minimum absolute atomic E-state index is 0.0541. The molecule has 0 aromatic carbocycles. The number of hydrogen-bond donors (Lipinski definition) is 0. The molecule has 0 aliphatic carbocycles. The quantitative estimate of drug-likeness (QED) is 0.834. The summed E-state index contributed by atoms with van der Waals surface area (Å²) in [7, 11) is 0. The van der Waals surface area contributed by atoms with Crippen LogP contribution in [0.3, 0.4) is 0 Å². The van der Waals surface area contributed by atoms with E-state index in [1.54, 1.807) is 10.7 Å². The lowest BCUT2D eigenvalue weighted by Gasteiger charge is -2.48. The molecule has 1 atom stereocenters. The summed E-state index contributed by atoms with van der Waals surface area (Å²) in [6, 6.07) is 5.78. The van der Waals surface area contributed by atoms with Gasteiger partial charge in [0.15, 0.2) is 0 Å². The van der Waals surface area contributed by atoms with Crippen LogP contribution in [0.15, 0.2) is 30.6 Å². The fourth-order valence-corrected chi connectivity index (χ4v) is 4.64. The van der Waals surface area contributed by atoms with E-state index in [1.165, 1.54) is 0 Å². The van der Waals surface area contributed by atoms with Crippen molar-refractivity contribution in [1.29, 1.82) is 0 Å². The zero-order valence-electron chi connectivity index (χ0n) is 16.1. The average molecular weight is 368 g/mol. The fraction of sp³-hybridized carbons (Fsp3) is 0.571. The second-order valence-electron chi connectivity index (χ2n) is 8.09. The number of pyridine rings is 1. The van der Waals surface area contributed by atoms with Crippen molar-refractivity contribution in [3.05, 3.63) is 36.2 Å². The summed E-state index contributed by atoms with van der Waals surface area (Å²) in [6.07, 6.45) is 9.29. The molecule has 2 aromatic heterocycles. The standard InChI is InChI=1S/C21H28N4O2/c1-2-3-11-23-15-21(10-8-19(23)26)9-6-12-24(16-21)20(27)17-14-22-25-13-5-4-7-18(17)25/h4-5,7,13-14H,2-3,6,8-12,15-16H2,1H3/t21-/m0/s1. The summed E-state index contributed by atoms with van der Waals surface area (Å²) in [5.41, 5.74) is 1.58. The first-order chi connectivity index (χ1) is 13.1. The first-order valence-electron chi connectivity index (χ1n) is 10.1. The molecule has 27 heavy (non-hydrogen) atoms. The third kappa shape index (κ3) is 3.45. The topological polar surface area (TPSA) is 57.9 Å². The number of likely N-dealkylation sites (tertiary alicyclic amines) is 2. The van der Waals surface area contributed by atoms with Crippen molar-refractivity contribution in [3.63, 3.8) is 0 Å². The summed E-state index contributed by atoms with van der Waals surface area (Å²) in [4.78, 5) is 29.5. The third-order valence-corrected chi connectivity index (χ3v) is 6.14. The van der Waals surface area contributed by atoms with Gasteiger partial charge < -0.3 is 9.80 Å². The lowest BCUT2D eigenvalue weighted by atomic mass is 9.73. The van der Waals surface area contributed by atoms with Gasteiger partial charge in [-0.1, -0.05) is 19.4 Å². The molecule has 144 valence electrons. The molecule has 2 saturated heterocycles. The van der Waals surface area contributed by atoms with E-state index < -0.39 is 0 Å². The lowest BCUT2D eigenvalue weighted by Crippen LogP contribution is -2.55. The number of fused-ring (bicyclic) bond motifs is 1. The van der Waals surface area contributed by atoms with Crippen molar-refractivity contribution >= 4 is 17.3 Å². The summed E-state index contributed by atoms with van der Waals surface area (Å²) >= 11 is 0. The fourth-order valence-electron chi connectivity index (χ4n) is 4.64. The van der Waals surface area contributed by atoms with Gasteiger partial charge in [0.25, 0.3) is 5.91 Å². The average Bonchev–Trinajstić information content (AvgIpc) is 3.12. The van der Waals surface area contributed by atoms with E-state index in [9.17, 15) is 9.59 Å². The van der Waals surface area contributed by atoms with E-state index in [0.717, 1.165) is 63.8 Å². The SMILES string of the molecule is CCCCN1C[C@]2(CCCN(C(=O)c3cnn4ccccc34)C2)CCC1=O. The molecule has 1 spiro atoms. The first-order valence-corrected chi connectivity index (χ1v) is 10.1. The molecule has 4 rings (SSSR count). The molecule has 6 heteroatoms. The number of amides is 2. The predicted octanol–water partition coefficient (Wildman–Crippen LogP) is 2.98. The van der Waals surface area contributed by atoms with E-state index in [1.807, 2.05) is 34.2 Å². The van der Waals surface area contributed by atoms with Crippen molar-refractivity contribution in [2.45, 2.75) is 45.4 Å². The number of piperidine rings is 2. The number of aromatic nitrogens is 2. The van der Waals surface area contributed by atoms with Crippen molar-refractivity contribution in [2.24, 2.45) is 5.41 Å². The van der Waals surface area contributed by atoms with Crippen LogP contribution >= 0.6 is 0 Å². The van der Waals surface area contributed by atoms with Gasteiger partial charge in [0.2, 0.25) is 5.91 Å². The minimum atomic E-state index is 0.0541. The highest BCUT2D eigenvalue weighted by molar-refractivity contribution is 6.00. The normalized spacial score (nSPS) is 23.4. The van der Waals surface area contributed by atoms with E-state index in [0.29, 0.717) is 12.0 Å². The third-order valence-electron chi connectivity index (χ3n) is 6.14. The number of carbonyl (C=O) groups excluding carboxylic acids is 2. The van der Waals surface area contributed by atoms with E-state index in [2.05, 4.69) is 12.0 Å². The second-order valence-corrected chi connectivity index (χ2v) is 8.09. The Labute approximate surface area is 160 Å². The van der Waals surface area contributed by atoms with Crippen LogP contribution in [0, 0.1) is 5.41 Å². The molecule has 2 amide bonds. The van der Waals surface area contributed by atoms with Gasteiger partial charge >= 0.3 is 0 Å². The Hall–Kier alpha value is -2.37. The van der Waals surface area contributed by atoms with Crippen molar-refractivity contribution < 1.29 is 9.59 Å². The van der Waals surface area contributed by atoms with E-state index >= 15 is 0 Å². The van der Waals surface area contributed by atoms with Crippen LogP contribution in [0.5, 0.6) is 0 Å². The van der Waals surface area contributed by atoms with Crippen LogP contribution in [-0.4, -0.2) is 57.4 Å². The van der Waals surface area contributed by atoms with Crippen LogP contribution in [0.25, 0.3) is 5.52 Å². The summed E-state index contributed by atoms with van der Waals surface area (Å²) < 4.78 is 1.75. The molecule has 2 aromatic rings. The Bertz CT molecular complexity index is 846. The maximum atomic E-state index is 13.2. The van der Waals surface area contributed by atoms with Gasteiger partial charge in [-0.2, -0.15) is 5.10 Å². The number of carbonyl (C=O) groups is 2. The minimum Gasteiger partial charge on any atom is -0.342 e. The maximum Gasteiger partial charge on any atom is 0.257 e. The maximum absolute atomic E-state index is 13.2. The monoisotopic (exact) mass is 368 g/mol. The van der Waals surface area contributed by atoms with Gasteiger partial charge in [-0.3, -0.25) is 9.59 Å². The molecule has 0 N–H and O–H groups in total. The molecular formula is C21H28N4O2. The van der Waals surface area contributed by atoms with Crippen molar-refractivity contribution in [3.8, 4) is 0 Å². The van der Waals surface area contributed by atoms with Gasteiger partial charge in [-0.25, -0.2) is 4.52 Å². The highest BCUT2D eigenvalue weighted by Gasteiger charge is 2.42. The molecule has 6 nitrogen and oxygen atoms in total. The van der Waals surface area contributed by atoms with E-state index in [4.69, 9.17) is 0 Å². The van der Waals surface area contributed by atoms with Crippen LogP contribution in [0.2, 0.25) is 0 Å². The van der Waals surface area contributed by atoms with Crippen LogP contribution in [-0.2, 0) is 4.79 Å². The van der Waals surface area contributed by atoms with Gasteiger partial charge in [0, 0.05) is 44.2 Å². The molecule has 4 heterocycles. The summed E-state index contributed by atoms with van der Waals surface area (Å²) in [5, 5.41) is 4.31. The van der Waals surface area contributed by atoms with Crippen LogP contribution < -0.4 is 0 Å². The van der Waals surface area contributed by atoms with Gasteiger partial charge in [0.05, 0.1) is 17.3 Å². The lowest BCUT2D eigenvalue weighted by molar-refractivity contribution is -0.139. The number of unbranched alkanes of at least 4 members (excludes halogenated alkanes) is 1. The Morgan fingerprint density at radius 2 is 2.15 bits per heavy atom. The summed E-state index contributed by atoms with van der Waals surface area (Å²) in [6.45, 7) is 5.32. The molecule has 0 radical (unpaired) electrons. The van der Waals surface area contributed by atoms with Gasteiger partial charge in [0.1, 0.15) is 0 Å². The highest BCUT2D eigenvalue weighted by atomic mass is 16.2. The molecule has 2 fully saturated rings. The Morgan fingerprint density at radius 1 is 1.26 bits per heavy atom. The number of hydrogen-bond acceptors (Lipinski definition) is 3. The predicted molar refractivity (Wildman–Crippen MR) is 103 cm³/mol. The summed E-state index contributed by atoms with van der Waals surface area (Å²) in [5.74, 6) is 0.340. The zero-order chi connectivity index (χ0) is 18.9. The van der Waals surface area contributed by atoms with Crippen LogP contribution in [0.4, 0.5) is 0 Å². The molecule has 2 aliphatic rings. The molecular weight excluding hydrogens is 340 g/mol. The Kier molecular flexibility index (Phi) is 4.89. The number of rotatable bonds is 4. The highest BCUT2D eigenvalue weighted by Crippen LogP contribution is 2.39. The second kappa shape index (κ2) is 7.33. The molecule has 0 bridgehead atoms. The van der Waals surface area contributed by atoms with Crippen molar-refractivity contribution in [1.82, 2.24) is 19.4 Å². The zero-order valence-corrected chi connectivity index (χ0v) is 16.1. The van der Waals surface area contributed by atoms with Crippen molar-refractivity contribution in [2.75, 3.05) is 26.2 Å². The largest absolute Gasteiger partial charge is 0.342 e. The Balaban J connectivity index is 1.52. The van der Waals surface area contributed by atoms with Gasteiger partial charge in [-0.05, 0) is 37.8 Å². The molecule has 2 aliphatic heterocycles. The smallest absolute Gasteiger partial charge is 0.257 e. The van der Waals surface area contributed by atoms with Crippen LogP contribution in [0.1, 0.15) is 55.8 Å². The molecule has 0 saturated carbocycles. The van der Waals surface area contributed by atoms with E-state index in [-0.39, 0.29) is 17.2 Å². The van der Waals surface area contributed by atoms with Gasteiger partial charge in [-0.15, -0.1) is 0 Å². The molecule has 0 unspecified atom stereocenters. The number of nitrogens with zero attached hydrogens (tertiary/aromatic N) is 4. The Morgan fingerprint density at radius 3 is 3.00 bits per heavy atom. The first kappa shape index (κ1) is 18.0.